The van der Waals surface area contributed by atoms with E-state index in [1.165, 1.54) is 5.56 Å². The second kappa shape index (κ2) is 6.01. The van der Waals surface area contributed by atoms with Gasteiger partial charge in [0.25, 0.3) is 0 Å². The third-order valence-corrected chi connectivity index (χ3v) is 3.56. The highest BCUT2D eigenvalue weighted by Gasteiger charge is 2.21. The van der Waals surface area contributed by atoms with E-state index in [1.54, 1.807) is 6.33 Å². The summed E-state index contributed by atoms with van der Waals surface area (Å²) in [6.07, 6.45) is 2.80. The first-order chi connectivity index (χ1) is 9.81. The van der Waals surface area contributed by atoms with Gasteiger partial charge in [0.15, 0.2) is 0 Å². The van der Waals surface area contributed by atoms with Gasteiger partial charge in [-0.2, -0.15) is 0 Å². The molecule has 4 heteroatoms. The Bertz CT molecular complexity index is 559. The van der Waals surface area contributed by atoms with Crippen molar-refractivity contribution in [2.75, 3.05) is 24.6 Å². The fourth-order valence-corrected chi connectivity index (χ4v) is 2.54. The molecule has 1 saturated heterocycles. The molecule has 1 atom stereocenters. The molecular weight excluding hydrogens is 250 g/mol. The van der Waals surface area contributed by atoms with E-state index in [4.69, 9.17) is 4.74 Å². The summed E-state index contributed by atoms with van der Waals surface area (Å²) in [5.41, 5.74) is 2.32. The molecule has 0 spiro atoms. The molecule has 104 valence electrons. The van der Waals surface area contributed by atoms with Gasteiger partial charge in [0.2, 0.25) is 0 Å². The van der Waals surface area contributed by atoms with Crippen molar-refractivity contribution in [3.8, 4) is 0 Å². The van der Waals surface area contributed by atoms with Gasteiger partial charge in [0.1, 0.15) is 12.1 Å². The second-order valence-electron chi connectivity index (χ2n) is 5.15. The Balaban J connectivity index is 1.67. The summed E-state index contributed by atoms with van der Waals surface area (Å²) in [5.74, 6) is 0.999. The van der Waals surface area contributed by atoms with E-state index in [-0.39, 0.29) is 6.10 Å². The topological polar surface area (TPSA) is 38.2 Å². The number of hydrogen-bond donors (Lipinski definition) is 0. The van der Waals surface area contributed by atoms with Crippen molar-refractivity contribution in [3.63, 3.8) is 0 Å². The first kappa shape index (κ1) is 13.1. The molecule has 0 unspecified atom stereocenters. The predicted molar refractivity (Wildman–Crippen MR) is 78.9 cm³/mol. The first-order valence-electron chi connectivity index (χ1n) is 7.00. The Labute approximate surface area is 119 Å². The average molecular weight is 269 g/mol. The monoisotopic (exact) mass is 269 g/mol. The van der Waals surface area contributed by atoms with Crippen molar-refractivity contribution >= 4 is 5.82 Å². The molecular formula is C16H19N3O. The van der Waals surface area contributed by atoms with Crippen LogP contribution in [0, 0.1) is 6.92 Å². The summed E-state index contributed by atoms with van der Waals surface area (Å²) in [6.45, 7) is 4.51. The third-order valence-electron chi connectivity index (χ3n) is 3.56. The summed E-state index contributed by atoms with van der Waals surface area (Å²) in [4.78, 5) is 10.8. The zero-order valence-electron chi connectivity index (χ0n) is 11.7. The zero-order valence-corrected chi connectivity index (χ0v) is 11.7. The number of rotatable bonds is 3. The van der Waals surface area contributed by atoms with Gasteiger partial charge in [-0.3, -0.25) is 0 Å². The maximum Gasteiger partial charge on any atom is 0.132 e. The van der Waals surface area contributed by atoms with E-state index in [9.17, 15) is 0 Å². The molecule has 0 saturated carbocycles. The van der Waals surface area contributed by atoms with Crippen LogP contribution >= 0.6 is 0 Å². The maximum atomic E-state index is 5.88. The van der Waals surface area contributed by atoms with Crippen LogP contribution in [0.2, 0.25) is 0 Å². The molecule has 1 aromatic heterocycles. The van der Waals surface area contributed by atoms with Crippen molar-refractivity contribution in [2.45, 2.75) is 19.4 Å². The van der Waals surface area contributed by atoms with Gasteiger partial charge in [-0.15, -0.1) is 0 Å². The Morgan fingerprint density at radius 2 is 2.10 bits per heavy atom. The molecule has 3 rings (SSSR count). The van der Waals surface area contributed by atoms with E-state index in [0.29, 0.717) is 0 Å². The smallest absolute Gasteiger partial charge is 0.132 e. The summed E-state index contributed by atoms with van der Waals surface area (Å²) in [5, 5.41) is 0. The number of nitrogens with zero attached hydrogens (tertiary/aromatic N) is 3. The van der Waals surface area contributed by atoms with Crippen molar-refractivity contribution in [1.82, 2.24) is 9.97 Å². The minimum atomic E-state index is 0.224. The van der Waals surface area contributed by atoms with E-state index in [0.717, 1.165) is 37.6 Å². The predicted octanol–water partition coefficient (Wildman–Crippen LogP) is 2.23. The lowest BCUT2D eigenvalue weighted by atomic mass is 10.1. The highest BCUT2D eigenvalue weighted by atomic mass is 16.5. The molecule has 0 radical (unpaired) electrons. The minimum absolute atomic E-state index is 0.224. The number of hydrogen-bond acceptors (Lipinski definition) is 4. The SMILES string of the molecule is Cc1cc(N2CCO[C@H](Cc3ccccc3)C2)ncn1. The lowest BCUT2D eigenvalue weighted by molar-refractivity contribution is 0.0408. The highest BCUT2D eigenvalue weighted by molar-refractivity contribution is 5.39. The number of morpholine rings is 1. The molecule has 0 aliphatic carbocycles. The molecule has 0 amide bonds. The van der Waals surface area contributed by atoms with E-state index < -0.39 is 0 Å². The maximum absolute atomic E-state index is 5.88. The Kier molecular flexibility index (Phi) is 3.92. The van der Waals surface area contributed by atoms with Crippen LogP contribution in [0.5, 0.6) is 0 Å². The molecule has 20 heavy (non-hydrogen) atoms. The largest absolute Gasteiger partial charge is 0.374 e. The third kappa shape index (κ3) is 3.14. The van der Waals surface area contributed by atoms with Crippen LogP contribution in [-0.2, 0) is 11.2 Å². The van der Waals surface area contributed by atoms with Crippen LogP contribution in [0.15, 0.2) is 42.7 Å². The molecule has 2 aromatic rings. The summed E-state index contributed by atoms with van der Waals surface area (Å²) >= 11 is 0. The molecule has 0 bridgehead atoms. The second-order valence-corrected chi connectivity index (χ2v) is 5.15. The van der Waals surface area contributed by atoms with Crippen LogP contribution in [0.1, 0.15) is 11.3 Å². The van der Waals surface area contributed by atoms with Crippen LogP contribution in [0.25, 0.3) is 0 Å². The van der Waals surface area contributed by atoms with Crippen LogP contribution in [-0.4, -0.2) is 35.8 Å². The van der Waals surface area contributed by atoms with Gasteiger partial charge < -0.3 is 9.64 Å². The van der Waals surface area contributed by atoms with Gasteiger partial charge in [-0.25, -0.2) is 9.97 Å². The van der Waals surface area contributed by atoms with Gasteiger partial charge >= 0.3 is 0 Å². The Morgan fingerprint density at radius 3 is 2.90 bits per heavy atom. The lowest BCUT2D eigenvalue weighted by Gasteiger charge is -2.33. The van der Waals surface area contributed by atoms with Crippen molar-refractivity contribution in [3.05, 3.63) is 54.0 Å². The van der Waals surface area contributed by atoms with Gasteiger partial charge in [0, 0.05) is 31.3 Å². The van der Waals surface area contributed by atoms with Gasteiger partial charge in [-0.1, -0.05) is 30.3 Å². The summed E-state index contributed by atoms with van der Waals surface area (Å²) in [6, 6.07) is 12.5. The number of ether oxygens (including phenoxy) is 1. The molecule has 4 nitrogen and oxygen atoms in total. The van der Waals surface area contributed by atoms with Crippen molar-refractivity contribution in [1.29, 1.82) is 0 Å². The van der Waals surface area contributed by atoms with Crippen molar-refractivity contribution in [2.24, 2.45) is 0 Å². The van der Waals surface area contributed by atoms with E-state index >= 15 is 0 Å². The normalized spacial score (nSPS) is 19.1. The standard InChI is InChI=1S/C16H19N3O/c1-13-9-16(18-12-17-13)19-7-8-20-15(11-19)10-14-5-3-2-4-6-14/h2-6,9,12,15H,7-8,10-11H2,1H3/t15-/m1/s1. The Hall–Kier alpha value is -1.94. The van der Waals surface area contributed by atoms with Gasteiger partial charge in [0.05, 0.1) is 12.7 Å². The van der Waals surface area contributed by atoms with Crippen LogP contribution in [0.3, 0.4) is 0 Å². The van der Waals surface area contributed by atoms with Crippen LogP contribution < -0.4 is 4.90 Å². The number of anilines is 1. The molecule has 1 aliphatic heterocycles. The molecule has 1 aliphatic rings. The fourth-order valence-electron chi connectivity index (χ4n) is 2.54. The number of benzene rings is 1. The zero-order chi connectivity index (χ0) is 13.8. The number of aromatic nitrogens is 2. The van der Waals surface area contributed by atoms with Crippen molar-refractivity contribution < 1.29 is 4.74 Å². The summed E-state index contributed by atoms with van der Waals surface area (Å²) in [7, 11) is 0. The summed E-state index contributed by atoms with van der Waals surface area (Å²) < 4.78 is 5.88. The van der Waals surface area contributed by atoms with Crippen LogP contribution in [0.4, 0.5) is 5.82 Å². The minimum Gasteiger partial charge on any atom is -0.374 e. The van der Waals surface area contributed by atoms with E-state index in [1.807, 2.05) is 19.1 Å². The molecule has 1 aromatic carbocycles. The first-order valence-corrected chi connectivity index (χ1v) is 7.00. The quantitative estimate of drug-likeness (QED) is 0.856. The van der Waals surface area contributed by atoms with Gasteiger partial charge in [-0.05, 0) is 12.5 Å². The molecule has 1 fully saturated rings. The number of aryl methyl sites for hydroxylation is 1. The highest BCUT2D eigenvalue weighted by Crippen LogP contribution is 2.17. The lowest BCUT2D eigenvalue weighted by Crippen LogP contribution is -2.43. The molecule has 2 heterocycles. The van der Waals surface area contributed by atoms with E-state index in [2.05, 4.69) is 39.1 Å². The average Bonchev–Trinajstić information content (AvgIpc) is 2.49. The fraction of sp³-hybridized carbons (Fsp3) is 0.375. The Morgan fingerprint density at radius 1 is 1.25 bits per heavy atom. The molecule has 0 N–H and O–H groups in total.